The zero-order valence-electron chi connectivity index (χ0n) is 10.1. The van der Waals surface area contributed by atoms with Gasteiger partial charge in [-0.2, -0.15) is 0 Å². The lowest BCUT2D eigenvalue weighted by Crippen LogP contribution is -2.24. The summed E-state index contributed by atoms with van der Waals surface area (Å²) in [6.45, 7) is 1.73. The molecule has 7 heteroatoms. The van der Waals surface area contributed by atoms with Crippen molar-refractivity contribution in [2.45, 2.75) is 13.5 Å². The van der Waals surface area contributed by atoms with E-state index in [1.54, 1.807) is 6.07 Å². The number of carboxylic acids is 1. The van der Waals surface area contributed by atoms with Gasteiger partial charge in [-0.1, -0.05) is 5.16 Å². The molecule has 0 atom stereocenters. The molecule has 2 rings (SSSR count). The summed E-state index contributed by atoms with van der Waals surface area (Å²) in [7, 11) is 0. The summed E-state index contributed by atoms with van der Waals surface area (Å²) in [4.78, 5) is 26.6. The van der Waals surface area contributed by atoms with Crippen LogP contribution in [-0.4, -0.2) is 27.1 Å². The lowest BCUT2D eigenvalue weighted by Gasteiger charge is -2.05. The summed E-state index contributed by atoms with van der Waals surface area (Å²) in [5, 5.41) is 15.0. The second kappa shape index (κ2) is 5.30. The molecular weight excluding hydrogens is 250 g/mol. The third kappa shape index (κ3) is 2.95. The minimum Gasteiger partial charge on any atom is -0.478 e. The number of rotatable bonds is 4. The van der Waals surface area contributed by atoms with Gasteiger partial charge in [0.05, 0.1) is 24.0 Å². The molecule has 2 aromatic rings. The first-order valence-electron chi connectivity index (χ1n) is 5.46. The molecule has 0 spiro atoms. The Morgan fingerprint density at radius 3 is 2.74 bits per heavy atom. The van der Waals surface area contributed by atoms with Crippen LogP contribution >= 0.6 is 0 Å². The van der Waals surface area contributed by atoms with Crippen LogP contribution in [0.25, 0.3) is 0 Å². The molecule has 2 aromatic heterocycles. The highest BCUT2D eigenvalue weighted by Crippen LogP contribution is 2.07. The fraction of sp³-hybridized carbons (Fsp3) is 0.167. The van der Waals surface area contributed by atoms with Crippen molar-refractivity contribution < 1.29 is 19.2 Å². The predicted molar refractivity (Wildman–Crippen MR) is 63.6 cm³/mol. The number of carboxylic acid groups (broad SMARTS) is 1. The Kier molecular flexibility index (Phi) is 3.56. The van der Waals surface area contributed by atoms with Crippen LogP contribution in [0.1, 0.15) is 32.3 Å². The molecule has 0 aliphatic heterocycles. The van der Waals surface area contributed by atoms with Gasteiger partial charge in [0.25, 0.3) is 5.91 Å². The molecule has 98 valence electrons. The van der Waals surface area contributed by atoms with Gasteiger partial charge in [-0.15, -0.1) is 0 Å². The van der Waals surface area contributed by atoms with Crippen molar-refractivity contribution in [2.75, 3.05) is 0 Å². The zero-order chi connectivity index (χ0) is 13.8. The Morgan fingerprint density at radius 2 is 2.16 bits per heavy atom. The molecule has 0 bridgehead atoms. The van der Waals surface area contributed by atoms with Crippen LogP contribution in [0.15, 0.2) is 28.9 Å². The van der Waals surface area contributed by atoms with Crippen molar-refractivity contribution in [1.29, 1.82) is 0 Å². The Hall–Kier alpha value is -2.70. The number of carbonyl (C=O) groups is 2. The SMILES string of the molecule is Cc1nc(C(=O)NCc2ccno2)ccc1C(=O)O. The Bertz CT molecular complexity index is 607. The van der Waals surface area contributed by atoms with E-state index < -0.39 is 11.9 Å². The lowest BCUT2D eigenvalue weighted by atomic mass is 10.2. The Labute approximate surface area is 108 Å². The Balaban J connectivity index is 2.07. The highest BCUT2D eigenvalue weighted by molar-refractivity contribution is 5.94. The molecule has 7 nitrogen and oxygen atoms in total. The van der Waals surface area contributed by atoms with Crippen molar-refractivity contribution in [3.05, 3.63) is 47.1 Å². The summed E-state index contributed by atoms with van der Waals surface area (Å²) in [6.07, 6.45) is 1.48. The second-order valence-electron chi connectivity index (χ2n) is 3.80. The molecule has 2 heterocycles. The van der Waals surface area contributed by atoms with Crippen molar-refractivity contribution in [3.8, 4) is 0 Å². The van der Waals surface area contributed by atoms with E-state index in [0.29, 0.717) is 11.5 Å². The number of hydrogen-bond donors (Lipinski definition) is 2. The van der Waals surface area contributed by atoms with E-state index in [0.717, 1.165) is 0 Å². The highest BCUT2D eigenvalue weighted by atomic mass is 16.5. The van der Waals surface area contributed by atoms with Crippen molar-refractivity contribution in [2.24, 2.45) is 0 Å². The van der Waals surface area contributed by atoms with Gasteiger partial charge in [-0.3, -0.25) is 4.79 Å². The number of carbonyl (C=O) groups excluding carboxylic acids is 1. The maximum atomic E-state index is 11.8. The first-order chi connectivity index (χ1) is 9.08. The summed E-state index contributed by atoms with van der Waals surface area (Å²) in [6, 6.07) is 4.35. The third-order valence-electron chi connectivity index (χ3n) is 2.46. The van der Waals surface area contributed by atoms with E-state index >= 15 is 0 Å². The molecule has 19 heavy (non-hydrogen) atoms. The summed E-state index contributed by atoms with van der Waals surface area (Å²) in [5.74, 6) is -0.956. The Morgan fingerprint density at radius 1 is 1.37 bits per heavy atom. The molecule has 1 amide bonds. The van der Waals surface area contributed by atoms with E-state index in [-0.39, 0.29) is 17.8 Å². The van der Waals surface area contributed by atoms with Crippen LogP contribution < -0.4 is 5.32 Å². The van der Waals surface area contributed by atoms with Gasteiger partial charge in [0.15, 0.2) is 5.76 Å². The monoisotopic (exact) mass is 261 g/mol. The smallest absolute Gasteiger partial charge is 0.337 e. The van der Waals surface area contributed by atoms with E-state index in [9.17, 15) is 9.59 Å². The maximum Gasteiger partial charge on any atom is 0.337 e. The molecule has 0 aromatic carbocycles. The third-order valence-corrected chi connectivity index (χ3v) is 2.46. The maximum absolute atomic E-state index is 11.8. The van der Waals surface area contributed by atoms with Crippen LogP contribution in [0.5, 0.6) is 0 Å². The standard InChI is InChI=1S/C12H11N3O4/c1-7-9(12(17)18)2-3-10(15-7)11(16)13-6-8-4-5-14-19-8/h2-5H,6H2,1H3,(H,13,16)(H,17,18). The van der Waals surface area contributed by atoms with Crippen LogP contribution in [0.2, 0.25) is 0 Å². The van der Waals surface area contributed by atoms with Crippen LogP contribution in [0.4, 0.5) is 0 Å². The largest absolute Gasteiger partial charge is 0.478 e. The fourth-order valence-electron chi connectivity index (χ4n) is 1.50. The first kappa shape index (κ1) is 12.7. The number of nitrogens with one attached hydrogen (secondary N) is 1. The van der Waals surface area contributed by atoms with E-state index in [2.05, 4.69) is 15.5 Å². The molecule has 2 N–H and O–H groups in total. The molecule has 0 aliphatic rings. The normalized spacial score (nSPS) is 10.2. The first-order valence-corrected chi connectivity index (χ1v) is 5.46. The number of aromatic carboxylic acids is 1. The van der Waals surface area contributed by atoms with Crippen molar-refractivity contribution in [1.82, 2.24) is 15.5 Å². The van der Waals surface area contributed by atoms with Crippen molar-refractivity contribution >= 4 is 11.9 Å². The average Bonchev–Trinajstić information content (AvgIpc) is 2.88. The molecule has 0 fully saturated rings. The summed E-state index contributed by atoms with van der Waals surface area (Å²) < 4.78 is 4.83. The minimum absolute atomic E-state index is 0.0757. The molecule has 0 unspecified atom stereocenters. The van der Waals surface area contributed by atoms with Gasteiger partial charge in [-0.05, 0) is 19.1 Å². The number of nitrogens with zero attached hydrogens (tertiary/aromatic N) is 2. The van der Waals surface area contributed by atoms with Gasteiger partial charge in [0, 0.05) is 6.07 Å². The van der Waals surface area contributed by atoms with Crippen LogP contribution in [-0.2, 0) is 6.54 Å². The van der Waals surface area contributed by atoms with Gasteiger partial charge in [-0.25, -0.2) is 9.78 Å². The van der Waals surface area contributed by atoms with E-state index in [4.69, 9.17) is 9.63 Å². The number of aryl methyl sites for hydroxylation is 1. The average molecular weight is 261 g/mol. The summed E-state index contributed by atoms with van der Waals surface area (Å²) >= 11 is 0. The van der Waals surface area contributed by atoms with E-state index in [1.165, 1.54) is 25.3 Å². The fourth-order valence-corrected chi connectivity index (χ4v) is 1.50. The number of hydrogen-bond acceptors (Lipinski definition) is 5. The molecule has 0 saturated heterocycles. The van der Waals surface area contributed by atoms with Gasteiger partial charge in [0.1, 0.15) is 5.69 Å². The number of amides is 1. The topological polar surface area (TPSA) is 105 Å². The minimum atomic E-state index is -1.07. The molecule has 0 radical (unpaired) electrons. The van der Waals surface area contributed by atoms with Gasteiger partial charge >= 0.3 is 5.97 Å². The zero-order valence-corrected chi connectivity index (χ0v) is 10.1. The van der Waals surface area contributed by atoms with Gasteiger partial charge in [0.2, 0.25) is 0 Å². The summed E-state index contributed by atoms with van der Waals surface area (Å²) in [5.41, 5.74) is 0.522. The van der Waals surface area contributed by atoms with E-state index in [1.807, 2.05) is 0 Å². The second-order valence-corrected chi connectivity index (χ2v) is 3.80. The number of pyridine rings is 1. The molecule has 0 saturated carbocycles. The van der Waals surface area contributed by atoms with Gasteiger partial charge < -0.3 is 14.9 Å². The van der Waals surface area contributed by atoms with Crippen molar-refractivity contribution in [3.63, 3.8) is 0 Å². The number of aromatic nitrogens is 2. The lowest BCUT2D eigenvalue weighted by molar-refractivity contribution is 0.0694. The van der Waals surface area contributed by atoms with Crippen LogP contribution in [0, 0.1) is 6.92 Å². The quantitative estimate of drug-likeness (QED) is 0.850. The highest BCUT2D eigenvalue weighted by Gasteiger charge is 2.13. The van der Waals surface area contributed by atoms with Crippen LogP contribution in [0.3, 0.4) is 0 Å². The molecular formula is C12H11N3O4. The predicted octanol–water partition coefficient (Wildman–Crippen LogP) is 1.01. The molecule has 0 aliphatic carbocycles.